The van der Waals surface area contributed by atoms with Crippen molar-refractivity contribution < 1.29 is 0 Å². The van der Waals surface area contributed by atoms with Crippen LogP contribution in [-0.4, -0.2) is 4.57 Å². The summed E-state index contributed by atoms with van der Waals surface area (Å²) in [7, 11) is 0. The zero-order valence-electron chi connectivity index (χ0n) is 28.5. The molecule has 0 spiro atoms. The van der Waals surface area contributed by atoms with E-state index < -0.39 is 0 Å². The Morgan fingerprint density at radius 3 is 2.00 bits per heavy atom. The number of hydrogen-bond acceptors (Lipinski definition) is 1. The van der Waals surface area contributed by atoms with Gasteiger partial charge in [-0.2, -0.15) is 0 Å². The maximum Gasteiger partial charge on any atom is 0.0547 e. The molecule has 0 unspecified atom stereocenters. The lowest BCUT2D eigenvalue weighted by molar-refractivity contribution is 1.18. The number of aryl methyl sites for hydroxylation is 1. The van der Waals surface area contributed by atoms with Gasteiger partial charge in [-0.3, -0.25) is 0 Å². The van der Waals surface area contributed by atoms with E-state index in [1.807, 2.05) is 12.2 Å². The van der Waals surface area contributed by atoms with Gasteiger partial charge >= 0.3 is 0 Å². The van der Waals surface area contributed by atoms with Crippen molar-refractivity contribution in [2.24, 2.45) is 0 Å². The van der Waals surface area contributed by atoms with Gasteiger partial charge in [-0.05, 0) is 106 Å². The first kappa shape index (κ1) is 30.4. The van der Waals surface area contributed by atoms with E-state index in [2.05, 4.69) is 199 Å². The Kier molecular flexibility index (Phi) is 7.56. The summed E-state index contributed by atoms with van der Waals surface area (Å²) in [5.41, 5.74) is 11.7. The first-order chi connectivity index (χ1) is 25.2. The standard InChI is InChI=1S/C49H36N2/c1-3-4-25-41-34(2)30-47(44-27-14-13-26-43(41)44)50(38-20-7-5-8-21-38)40-24-15-19-37(31-40)42-28-16-29-46-49(42)45-32-35-17-11-12-18-36(35)33-48(45)51(46)39-22-9-6-10-23-39/h3-33H,1H2,2H3/b25-4-. The molecule has 1 aromatic heterocycles. The number of nitrogens with zero attached hydrogens (tertiary/aromatic N) is 2. The van der Waals surface area contributed by atoms with Crippen LogP contribution in [0.5, 0.6) is 0 Å². The molecule has 8 aromatic carbocycles. The molecule has 0 atom stereocenters. The molecule has 0 saturated carbocycles. The molecule has 1 heterocycles. The van der Waals surface area contributed by atoms with Gasteiger partial charge in [-0.25, -0.2) is 0 Å². The van der Waals surface area contributed by atoms with E-state index in [0.717, 1.165) is 22.7 Å². The molecule has 2 heteroatoms. The average molecular weight is 653 g/mol. The highest BCUT2D eigenvalue weighted by Gasteiger charge is 2.20. The van der Waals surface area contributed by atoms with E-state index in [1.54, 1.807) is 0 Å². The second kappa shape index (κ2) is 12.7. The molecule has 0 saturated heterocycles. The molecule has 0 aliphatic heterocycles. The summed E-state index contributed by atoms with van der Waals surface area (Å²) in [5, 5.41) is 7.39. The van der Waals surface area contributed by atoms with Crippen molar-refractivity contribution in [2.75, 3.05) is 4.90 Å². The van der Waals surface area contributed by atoms with Gasteiger partial charge < -0.3 is 9.47 Å². The number of aromatic nitrogens is 1. The smallest absolute Gasteiger partial charge is 0.0547 e. The van der Waals surface area contributed by atoms with Crippen LogP contribution in [0.3, 0.4) is 0 Å². The molecule has 0 amide bonds. The van der Waals surface area contributed by atoms with Crippen molar-refractivity contribution in [2.45, 2.75) is 6.92 Å². The highest BCUT2D eigenvalue weighted by atomic mass is 15.1. The van der Waals surface area contributed by atoms with Gasteiger partial charge in [-0.15, -0.1) is 0 Å². The van der Waals surface area contributed by atoms with E-state index in [4.69, 9.17) is 0 Å². The van der Waals surface area contributed by atoms with Gasteiger partial charge in [0.05, 0.1) is 16.7 Å². The summed E-state index contributed by atoms with van der Waals surface area (Å²) >= 11 is 0. The molecule has 9 rings (SSSR count). The van der Waals surface area contributed by atoms with E-state index in [1.165, 1.54) is 65.6 Å². The zero-order chi connectivity index (χ0) is 34.3. The summed E-state index contributed by atoms with van der Waals surface area (Å²) in [6, 6.07) is 61.6. The molecule has 0 N–H and O–H groups in total. The first-order valence-electron chi connectivity index (χ1n) is 17.5. The maximum atomic E-state index is 3.91. The van der Waals surface area contributed by atoms with Crippen LogP contribution in [0.2, 0.25) is 0 Å². The third-order valence-electron chi connectivity index (χ3n) is 10.0. The molecule has 0 bridgehead atoms. The molecule has 0 radical (unpaired) electrons. The van der Waals surface area contributed by atoms with Crippen molar-refractivity contribution in [3.63, 3.8) is 0 Å². The minimum absolute atomic E-state index is 1.10. The third kappa shape index (κ3) is 5.21. The summed E-state index contributed by atoms with van der Waals surface area (Å²) < 4.78 is 2.41. The van der Waals surface area contributed by atoms with Crippen molar-refractivity contribution in [3.05, 3.63) is 200 Å². The number of allylic oxidation sites excluding steroid dienone is 2. The zero-order valence-corrected chi connectivity index (χ0v) is 28.5. The number of hydrogen-bond donors (Lipinski definition) is 0. The summed E-state index contributed by atoms with van der Waals surface area (Å²) in [4.78, 5) is 2.40. The van der Waals surface area contributed by atoms with Crippen LogP contribution in [0.15, 0.2) is 189 Å². The van der Waals surface area contributed by atoms with Crippen molar-refractivity contribution in [3.8, 4) is 16.8 Å². The van der Waals surface area contributed by atoms with Gasteiger partial charge in [-0.1, -0.05) is 134 Å². The van der Waals surface area contributed by atoms with Gasteiger partial charge in [0.1, 0.15) is 0 Å². The number of anilines is 3. The van der Waals surface area contributed by atoms with E-state index in [9.17, 15) is 0 Å². The molecule has 51 heavy (non-hydrogen) atoms. The van der Waals surface area contributed by atoms with Crippen LogP contribution in [0.1, 0.15) is 11.1 Å². The molecule has 0 aliphatic carbocycles. The fourth-order valence-electron chi connectivity index (χ4n) is 7.75. The fourth-order valence-corrected chi connectivity index (χ4v) is 7.75. The number of benzene rings is 8. The Labute approximate surface area is 298 Å². The first-order valence-corrected chi connectivity index (χ1v) is 17.5. The van der Waals surface area contributed by atoms with Crippen LogP contribution in [0.4, 0.5) is 17.1 Å². The maximum absolute atomic E-state index is 3.91. The van der Waals surface area contributed by atoms with Crippen LogP contribution < -0.4 is 4.90 Å². The minimum atomic E-state index is 1.10. The normalized spacial score (nSPS) is 11.6. The van der Waals surface area contributed by atoms with Crippen LogP contribution in [0, 0.1) is 6.92 Å². The predicted octanol–water partition coefficient (Wildman–Crippen LogP) is 13.7. The second-order valence-corrected chi connectivity index (χ2v) is 13.1. The Balaban J connectivity index is 1.30. The van der Waals surface area contributed by atoms with Crippen molar-refractivity contribution in [1.29, 1.82) is 0 Å². The highest BCUT2D eigenvalue weighted by Crippen LogP contribution is 2.44. The lowest BCUT2D eigenvalue weighted by Crippen LogP contribution is -2.11. The lowest BCUT2D eigenvalue weighted by atomic mass is 9.95. The monoisotopic (exact) mass is 652 g/mol. The van der Waals surface area contributed by atoms with E-state index in [0.29, 0.717) is 0 Å². The molecule has 9 aromatic rings. The predicted molar refractivity (Wildman–Crippen MR) is 220 cm³/mol. The Hall–Kier alpha value is -6.64. The minimum Gasteiger partial charge on any atom is -0.310 e. The summed E-state index contributed by atoms with van der Waals surface area (Å²) in [6.45, 7) is 6.11. The largest absolute Gasteiger partial charge is 0.310 e. The van der Waals surface area contributed by atoms with Crippen LogP contribution in [-0.2, 0) is 0 Å². The molecular formula is C49H36N2. The molecule has 0 aliphatic rings. The van der Waals surface area contributed by atoms with E-state index in [-0.39, 0.29) is 0 Å². The quantitative estimate of drug-likeness (QED) is 0.156. The number of para-hydroxylation sites is 2. The number of fused-ring (bicyclic) bond motifs is 5. The SMILES string of the molecule is C=C/C=C\c1c(C)cc(N(c2ccccc2)c2cccc(-c3cccc4c3c3cc5ccccc5cc3n4-c3ccccc3)c2)c2ccccc12. The van der Waals surface area contributed by atoms with Gasteiger partial charge in [0.25, 0.3) is 0 Å². The van der Waals surface area contributed by atoms with Gasteiger partial charge in [0.15, 0.2) is 0 Å². The number of rotatable bonds is 7. The molecule has 2 nitrogen and oxygen atoms in total. The lowest BCUT2D eigenvalue weighted by Gasteiger charge is -2.28. The fraction of sp³-hybridized carbons (Fsp3) is 0.0204. The van der Waals surface area contributed by atoms with Gasteiger partial charge in [0, 0.05) is 33.2 Å². The van der Waals surface area contributed by atoms with Crippen molar-refractivity contribution in [1.82, 2.24) is 4.57 Å². The summed E-state index contributed by atoms with van der Waals surface area (Å²) in [6.07, 6.45) is 6.02. The second-order valence-electron chi connectivity index (χ2n) is 13.1. The Morgan fingerprint density at radius 1 is 0.549 bits per heavy atom. The molecule has 242 valence electrons. The Bertz CT molecular complexity index is 2770. The molecule has 0 fully saturated rings. The van der Waals surface area contributed by atoms with E-state index >= 15 is 0 Å². The van der Waals surface area contributed by atoms with Gasteiger partial charge in [0.2, 0.25) is 0 Å². The summed E-state index contributed by atoms with van der Waals surface area (Å²) in [5.74, 6) is 0. The van der Waals surface area contributed by atoms with Crippen LogP contribution >= 0.6 is 0 Å². The highest BCUT2D eigenvalue weighted by molar-refractivity contribution is 6.19. The Morgan fingerprint density at radius 2 is 1.22 bits per heavy atom. The van der Waals surface area contributed by atoms with Crippen LogP contribution in [0.25, 0.3) is 66.2 Å². The molecular weight excluding hydrogens is 617 g/mol. The third-order valence-corrected chi connectivity index (χ3v) is 10.0. The average Bonchev–Trinajstić information content (AvgIpc) is 3.51. The van der Waals surface area contributed by atoms with Crippen molar-refractivity contribution >= 4 is 66.5 Å². The topological polar surface area (TPSA) is 8.17 Å².